The van der Waals surface area contributed by atoms with E-state index < -0.39 is 5.54 Å². The van der Waals surface area contributed by atoms with Gasteiger partial charge >= 0.3 is 0 Å². The Morgan fingerprint density at radius 2 is 2.00 bits per heavy atom. The summed E-state index contributed by atoms with van der Waals surface area (Å²) in [4.78, 5) is 16.6. The van der Waals surface area contributed by atoms with Gasteiger partial charge in [-0.1, -0.05) is 19.0 Å². The number of hydrogen-bond acceptors (Lipinski definition) is 6. The minimum atomic E-state index is -0.394. The molecule has 1 unspecified atom stereocenters. The number of methoxy groups -OCH3 is 1. The molecule has 1 heterocycles. The third-order valence-corrected chi connectivity index (χ3v) is 4.13. The summed E-state index contributed by atoms with van der Waals surface area (Å²) in [6.07, 6.45) is 1.49. The molecule has 1 aromatic heterocycles. The van der Waals surface area contributed by atoms with Gasteiger partial charge < -0.3 is 20.3 Å². The van der Waals surface area contributed by atoms with Gasteiger partial charge in [0.2, 0.25) is 17.6 Å². The number of aromatic nitrogens is 2. The molecular formula is C19H29ClN4O3. The number of nitrogens with zero attached hydrogens (tertiary/aromatic N) is 2. The molecule has 27 heavy (non-hydrogen) atoms. The number of hydrogen-bond donors (Lipinski definition) is 2. The van der Waals surface area contributed by atoms with Crippen LogP contribution in [0.15, 0.2) is 28.8 Å². The van der Waals surface area contributed by atoms with Crippen LogP contribution in [0.2, 0.25) is 0 Å². The van der Waals surface area contributed by atoms with Crippen molar-refractivity contribution in [2.45, 2.75) is 45.6 Å². The van der Waals surface area contributed by atoms with Crippen molar-refractivity contribution in [3.63, 3.8) is 0 Å². The van der Waals surface area contributed by atoms with E-state index in [0.29, 0.717) is 30.6 Å². The molecule has 2 aromatic rings. The summed E-state index contributed by atoms with van der Waals surface area (Å²) in [6.45, 7) is 6.59. The summed E-state index contributed by atoms with van der Waals surface area (Å²) < 4.78 is 10.4. The lowest BCUT2D eigenvalue weighted by Gasteiger charge is -2.31. The Morgan fingerprint density at radius 1 is 1.33 bits per heavy atom. The minimum absolute atomic E-state index is 0. The van der Waals surface area contributed by atoms with Crippen molar-refractivity contribution in [1.29, 1.82) is 0 Å². The molecule has 3 N–H and O–H groups in total. The number of ether oxygens (including phenoxy) is 1. The van der Waals surface area contributed by atoms with Crippen LogP contribution in [-0.4, -0.2) is 35.2 Å². The number of carbonyl (C=O) groups is 1. The second-order valence-corrected chi connectivity index (χ2v) is 7.15. The second-order valence-electron chi connectivity index (χ2n) is 7.15. The Bertz CT molecular complexity index is 718. The zero-order chi connectivity index (χ0) is 19.2. The molecule has 1 aromatic carbocycles. The number of rotatable bonds is 9. The maximum Gasteiger partial charge on any atom is 0.227 e. The summed E-state index contributed by atoms with van der Waals surface area (Å²) >= 11 is 0. The predicted octanol–water partition coefficient (Wildman–Crippen LogP) is 2.98. The largest absolute Gasteiger partial charge is 0.497 e. The van der Waals surface area contributed by atoms with Gasteiger partial charge in [0.05, 0.1) is 7.11 Å². The number of aryl methyl sites for hydroxylation is 1. The van der Waals surface area contributed by atoms with Crippen LogP contribution in [0, 0.1) is 5.92 Å². The van der Waals surface area contributed by atoms with Gasteiger partial charge in [-0.3, -0.25) is 4.79 Å². The first-order valence-corrected chi connectivity index (χ1v) is 8.83. The van der Waals surface area contributed by atoms with Crippen molar-refractivity contribution in [2.24, 2.45) is 11.7 Å². The SMILES string of the molecule is COc1ccc(-c2noc(CCC(=O)NC(C)(CN)CC(C)C)n2)cc1.Cl. The predicted molar refractivity (Wildman–Crippen MR) is 107 cm³/mol. The Kier molecular flexibility index (Phi) is 8.72. The molecule has 1 atom stereocenters. The molecule has 8 heteroatoms. The van der Waals surface area contributed by atoms with Crippen LogP contribution in [0.1, 0.15) is 39.5 Å². The molecule has 0 saturated heterocycles. The zero-order valence-corrected chi connectivity index (χ0v) is 17.1. The van der Waals surface area contributed by atoms with Crippen molar-refractivity contribution in [3.05, 3.63) is 30.2 Å². The van der Waals surface area contributed by atoms with Crippen molar-refractivity contribution in [1.82, 2.24) is 15.5 Å². The molecule has 0 fully saturated rings. The van der Waals surface area contributed by atoms with E-state index >= 15 is 0 Å². The Morgan fingerprint density at radius 3 is 2.56 bits per heavy atom. The molecular weight excluding hydrogens is 368 g/mol. The first-order chi connectivity index (χ1) is 12.3. The van der Waals surface area contributed by atoms with Crippen molar-refractivity contribution < 1.29 is 14.1 Å². The molecule has 0 aliphatic rings. The van der Waals surface area contributed by atoms with Gasteiger partial charge in [-0.05, 0) is 43.5 Å². The van der Waals surface area contributed by atoms with Crippen molar-refractivity contribution in [2.75, 3.05) is 13.7 Å². The fourth-order valence-corrected chi connectivity index (χ4v) is 2.92. The highest BCUT2D eigenvalue weighted by molar-refractivity contribution is 5.85. The van der Waals surface area contributed by atoms with E-state index in [4.69, 9.17) is 15.0 Å². The van der Waals surface area contributed by atoms with E-state index in [-0.39, 0.29) is 24.7 Å². The average molecular weight is 397 g/mol. The normalized spacial score (nSPS) is 13.0. The summed E-state index contributed by atoms with van der Waals surface area (Å²) in [7, 11) is 1.61. The minimum Gasteiger partial charge on any atom is -0.497 e. The van der Waals surface area contributed by atoms with Gasteiger partial charge in [-0.15, -0.1) is 12.4 Å². The van der Waals surface area contributed by atoms with Crippen LogP contribution in [0.3, 0.4) is 0 Å². The van der Waals surface area contributed by atoms with Crippen LogP contribution in [0.25, 0.3) is 11.4 Å². The Hall–Kier alpha value is -2.12. The van der Waals surface area contributed by atoms with Gasteiger partial charge in [-0.2, -0.15) is 4.98 Å². The zero-order valence-electron chi connectivity index (χ0n) is 16.3. The van der Waals surface area contributed by atoms with Crippen LogP contribution >= 0.6 is 12.4 Å². The molecule has 0 saturated carbocycles. The van der Waals surface area contributed by atoms with Gasteiger partial charge in [0, 0.05) is 30.5 Å². The van der Waals surface area contributed by atoms with Crippen molar-refractivity contribution >= 4 is 18.3 Å². The summed E-state index contributed by atoms with van der Waals surface area (Å²) in [5, 5.41) is 7.00. The molecule has 7 nitrogen and oxygen atoms in total. The highest BCUT2D eigenvalue weighted by atomic mass is 35.5. The fraction of sp³-hybridized carbons (Fsp3) is 0.526. The van der Waals surface area contributed by atoms with Crippen LogP contribution in [-0.2, 0) is 11.2 Å². The second kappa shape index (κ2) is 10.3. The summed E-state index contributed by atoms with van der Waals surface area (Å²) in [6, 6.07) is 7.39. The van der Waals surface area contributed by atoms with Gasteiger partial charge in [0.15, 0.2) is 0 Å². The fourth-order valence-electron chi connectivity index (χ4n) is 2.92. The molecule has 0 spiro atoms. The van der Waals surface area contributed by atoms with Crippen LogP contribution in [0.5, 0.6) is 5.75 Å². The van der Waals surface area contributed by atoms with E-state index in [1.54, 1.807) is 7.11 Å². The van der Waals surface area contributed by atoms with E-state index in [2.05, 4.69) is 29.3 Å². The van der Waals surface area contributed by atoms with Crippen LogP contribution in [0.4, 0.5) is 0 Å². The maximum atomic E-state index is 12.2. The van der Waals surface area contributed by atoms with Crippen molar-refractivity contribution in [3.8, 4) is 17.1 Å². The monoisotopic (exact) mass is 396 g/mol. The topological polar surface area (TPSA) is 103 Å². The molecule has 0 radical (unpaired) electrons. The highest BCUT2D eigenvalue weighted by Gasteiger charge is 2.25. The molecule has 0 aliphatic heterocycles. The number of carbonyl (C=O) groups excluding carboxylic acids is 1. The molecule has 0 aliphatic carbocycles. The number of nitrogens with two attached hydrogens (primary N) is 1. The third kappa shape index (κ3) is 6.84. The van der Waals surface area contributed by atoms with Gasteiger partial charge in [0.1, 0.15) is 5.75 Å². The van der Waals surface area contributed by atoms with Gasteiger partial charge in [-0.25, -0.2) is 0 Å². The third-order valence-electron chi connectivity index (χ3n) is 4.13. The highest BCUT2D eigenvalue weighted by Crippen LogP contribution is 2.20. The number of benzene rings is 1. The lowest BCUT2D eigenvalue weighted by atomic mass is 9.90. The lowest BCUT2D eigenvalue weighted by molar-refractivity contribution is -0.123. The summed E-state index contributed by atoms with van der Waals surface area (Å²) in [5.74, 6) is 2.08. The standard InChI is InChI=1S/C19H28N4O3.ClH/c1-13(2)11-19(3,12-20)22-16(24)9-10-17-21-18(23-26-17)14-5-7-15(25-4)8-6-14;/h5-8,13H,9-12,20H2,1-4H3,(H,22,24);1H. The van der Waals surface area contributed by atoms with Crippen LogP contribution < -0.4 is 15.8 Å². The lowest BCUT2D eigenvalue weighted by Crippen LogP contribution is -2.52. The first-order valence-electron chi connectivity index (χ1n) is 8.83. The molecule has 2 rings (SSSR count). The number of halogens is 1. The Labute approximate surface area is 166 Å². The first kappa shape index (κ1) is 22.9. The molecule has 0 bridgehead atoms. The smallest absolute Gasteiger partial charge is 0.227 e. The van der Waals surface area contributed by atoms with Gasteiger partial charge in [0.25, 0.3) is 0 Å². The number of amides is 1. The van der Waals surface area contributed by atoms with E-state index in [0.717, 1.165) is 17.7 Å². The van der Waals surface area contributed by atoms with E-state index in [9.17, 15) is 4.79 Å². The molecule has 1 amide bonds. The van der Waals surface area contributed by atoms with E-state index in [1.807, 2.05) is 31.2 Å². The Balaban J connectivity index is 0.00000364. The van der Waals surface area contributed by atoms with E-state index in [1.165, 1.54) is 0 Å². The quantitative estimate of drug-likeness (QED) is 0.675. The maximum absolute atomic E-state index is 12.2. The average Bonchev–Trinajstić information content (AvgIpc) is 3.08. The summed E-state index contributed by atoms with van der Waals surface area (Å²) in [5.41, 5.74) is 6.27. The molecule has 150 valence electrons. The number of nitrogens with one attached hydrogen (secondary N) is 1.